The molecule has 0 aromatic rings. The molecule has 0 atom stereocenters. The summed E-state index contributed by atoms with van der Waals surface area (Å²) in [5.74, 6) is 1.96. The molecule has 1 saturated heterocycles. The molecule has 1 fully saturated rings. The Morgan fingerprint density at radius 1 is 1.05 bits per heavy atom. The molecular weight excluding hydrogens is 267 g/mol. The fourth-order valence-electron chi connectivity index (χ4n) is 1.61. The Balaban J connectivity index is 2.49. The Bertz CT molecular complexity index is 354. The second-order valence-corrected chi connectivity index (χ2v) is 12.9. The molecule has 1 heterocycles. The molecule has 0 aromatic carbocycles. The van der Waals surface area contributed by atoms with Gasteiger partial charge >= 0.3 is 7.12 Å². The highest BCUT2D eigenvalue weighted by molar-refractivity contribution is 6.74. The van der Waals surface area contributed by atoms with Crippen molar-refractivity contribution in [2.24, 2.45) is 0 Å². The third-order valence-corrected chi connectivity index (χ3v) is 9.41. The molecule has 116 valence electrons. The Labute approximate surface area is 126 Å². The van der Waals surface area contributed by atoms with Gasteiger partial charge in [-0.05, 0) is 45.8 Å². The zero-order valence-electron chi connectivity index (χ0n) is 14.7. The van der Waals surface area contributed by atoms with E-state index in [9.17, 15) is 0 Å². The van der Waals surface area contributed by atoms with Crippen LogP contribution in [0.25, 0.3) is 0 Å². The predicted molar refractivity (Wildman–Crippen MR) is 88.4 cm³/mol. The zero-order valence-corrected chi connectivity index (χ0v) is 15.7. The second-order valence-electron chi connectivity index (χ2n) is 8.12. The highest BCUT2D eigenvalue weighted by atomic mass is 28.4. The van der Waals surface area contributed by atoms with E-state index in [1.54, 1.807) is 0 Å². The summed E-state index contributed by atoms with van der Waals surface area (Å²) < 4.78 is 17.9. The first kappa shape index (κ1) is 18.0. The summed E-state index contributed by atoms with van der Waals surface area (Å²) in [6.07, 6.45) is 2.02. The molecule has 3 nitrogen and oxygen atoms in total. The van der Waals surface area contributed by atoms with Crippen LogP contribution in [-0.2, 0) is 13.7 Å². The fraction of sp³-hybridized carbons (Fsp3) is 0.867. The molecule has 1 aliphatic rings. The topological polar surface area (TPSA) is 27.7 Å². The fourth-order valence-corrected chi connectivity index (χ4v) is 2.55. The number of hydrogen-bond donors (Lipinski definition) is 0. The van der Waals surface area contributed by atoms with Crippen molar-refractivity contribution in [3.05, 3.63) is 12.1 Å². The van der Waals surface area contributed by atoms with Crippen molar-refractivity contribution in [1.82, 2.24) is 0 Å². The molecule has 1 aliphatic heterocycles. The van der Waals surface area contributed by atoms with Gasteiger partial charge in [-0.2, -0.15) is 0 Å². The molecule has 0 bridgehead atoms. The van der Waals surface area contributed by atoms with Gasteiger partial charge in [-0.15, -0.1) is 0 Å². The zero-order chi connectivity index (χ0) is 15.8. The summed E-state index contributed by atoms with van der Waals surface area (Å²) in [6.45, 7) is 20.1. The van der Waals surface area contributed by atoms with Gasteiger partial charge < -0.3 is 13.7 Å². The van der Waals surface area contributed by atoms with E-state index in [4.69, 9.17) is 13.7 Å². The van der Waals surface area contributed by atoms with Crippen LogP contribution in [-0.4, -0.2) is 33.2 Å². The summed E-state index contributed by atoms with van der Waals surface area (Å²) in [6, 6.07) is 0. The van der Waals surface area contributed by atoms with Crippen molar-refractivity contribution in [3.63, 3.8) is 0 Å². The van der Waals surface area contributed by atoms with E-state index < -0.39 is 8.32 Å². The normalized spacial score (nSPS) is 22.8. The maximum absolute atomic E-state index is 6.10. The average molecular weight is 298 g/mol. The van der Waals surface area contributed by atoms with Gasteiger partial charge in [-0.25, -0.2) is 0 Å². The van der Waals surface area contributed by atoms with Crippen LogP contribution >= 0.6 is 0 Å². The molecule has 0 amide bonds. The van der Waals surface area contributed by atoms with Gasteiger partial charge in [0, 0.05) is 0 Å². The molecule has 20 heavy (non-hydrogen) atoms. The first-order valence-corrected chi connectivity index (χ1v) is 10.4. The van der Waals surface area contributed by atoms with Crippen LogP contribution in [0.2, 0.25) is 18.1 Å². The van der Waals surface area contributed by atoms with E-state index in [1.807, 2.05) is 12.1 Å². The molecular formula is C15H31BO3Si. The van der Waals surface area contributed by atoms with Gasteiger partial charge in [0.05, 0.1) is 17.8 Å². The Morgan fingerprint density at radius 2 is 1.50 bits per heavy atom. The minimum Gasteiger partial charge on any atom is -0.413 e. The molecule has 0 spiro atoms. The molecule has 0 saturated carbocycles. The monoisotopic (exact) mass is 298 g/mol. The predicted octanol–water partition coefficient (Wildman–Crippen LogP) is 4.20. The molecule has 0 aliphatic carbocycles. The van der Waals surface area contributed by atoms with Crippen molar-refractivity contribution in [2.45, 2.75) is 77.8 Å². The SMILES string of the molecule is CC1(C)OB(C=CCO[Si](C)(C)C(C)(C)C)OC1(C)C. The summed E-state index contributed by atoms with van der Waals surface area (Å²) in [4.78, 5) is 0. The van der Waals surface area contributed by atoms with E-state index in [1.165, 1.54) is 0 Å². The van der Waals surface area contributed by atoms with Crippen LogP contribution < -0.4 is 0 Å². The summed E-state index contributed by atoms with van der Waals surface area (Å²) in [5, 5.41) is 0.241. The van der Waals surface area contributed by atoms with Gasteiger partial charge in [0.25, 0.3) is 0 Å². The van der Waals surface area contributed by atoms with Gasteiger partial charge in [0.2, 0.25) is 0 Å². The quantitative estimate of drug-likeness (QED) is 0.728. The molecule has 0 unspecified atom stereocenters. The van der Waals surface area contributed by atoms with Crippen molar-refractivity contribution < 1.29 is 13.7 Å². The van der Waals surface area contributed by atoms with Gasteiger partial charge in [-0.1, -0.05) is 32.8 Å². The van der Waals surface area contributed by atoms with Crippen molar-refractivity contribution in [1.29, 1.82) is 0 Å². The third kappa shape index (κ3) is 3.97. The Hall–Kier alpha value is -0.0982. The van der Waals surface area contributed by atoms with Gasteiger partial charge in [0.1, 0.15) is 0 Å². The Morgan fingerprint density at radius 3 is 1.90 bits per heavy atom. The standard InChI is InChI=1S/C15H31BO3Si/c1-13(2,3)20(8,9)17-12-10-11-16-18-14(4,5)15(6,7)19-16/h10-11H,12H2,1-9H3. The largest absolute Gasteiger partial charge is 0.486 e. The highest BCUT2D eigenvalue weighted by Gasteiger charge is 2.50. The van der Waals surface area contributed by atoms with E-state index in [0.717, 1.165) is 0 Å². The molecule has 0 N–H and O–H groups in total. The lowest BCUT2D eigenvalue weighted by Crippen LogP contribution is -2.41. The van der Waals surface area contributed by atoms with E-state index in [-0.39, 0.29) is 23.4 Å². The van der Waals surface area contributed by atoms with E-state index >= 15 is 0 Å². The highest BCUT2D eigenvalue weighted by Crippen LogP contribution is 2.37. The summed E-state index contributed by atoms with van der Waals surface area (Å²) in [7, 11) is -1.95. The summed E-state index contributed by atoms with van der Waals surface area (Å²) in [5.41, 5.74) is -0.551. The Kier molecular flexibility index (Phi) is 5.02. The van der Waals surface area contributed by atoms with Gasteiger partial charge in [0.15, 0.2) is 8.32 Å². The van der Waals surface area contributed by atoms with Crippen LogP contribution in [0.15, 0.2) is 12.1 Å². The molecule has 0 radical (unpaired) electrons. The van der Waals surface area contributed by atoms with Crippen molar-refractivity contribution in [3.8, 4) is 0 Å². The first-order chi connectivity index (χ1) is 8.79. The van der Waals surface area contributed by atoms with E-state index in [2.05, 4.69) is 61.6 Å². The number of hydrogen-bond acceptors (Lipinski definition) is 3. The lowest BCUT2D eigenvalue weighted by Gasteiger charge is -2.35. The maximum atomic E-state index is 6.10. The summed E-state index contributed by atoms with van der Waals surface area (Å²) >= 11 is 0. The van der Waals surface area contributed by atoms with Crippen molar-refractivity contribution in [2.75, 3.05) is 6.61 Å². The molecule has 5 heteroatoms. The minimum atomic E-state index is -1.67. The van der Waals surface area contributed by atoms with Crippen LogP contribution in [0.4, 0.5) is 0 Å². The molecule has 0 aromatic heterocycles. The van der Waals surface area contributed by atoms with Crippen LogP contribution in [0, 0.1) is 0 Å². The first-order valence-electron chi connectivity index (χ1n) is 7.45. The van der Waals surface area contributed by atoms with Crippen LogP contribution in [0.3, 0.4) is 0 Å². The lowest BCUT2D eigenvalue weighted by molar-refractivity contribution is 0.00578. The van der Waals surface area contributed by atoms with Crippen LogP contribution in [0.5, 0.6) is 0 Å². The third-order valence-electron chi connectivity index (χ3n) is 4.91. The molecule has 1 rings (SSSR count). The van der Waals surface area contributed by atoms with Crippen molar-refractivity contribution >= 4 is 15.4 Å². The minimum absolute atomic E-state index is 0.241. The maximum Gasteiger partial charge on any atom is 0.486 e. The smallest absolute Gasteiger partial charge is 0.413 e. The van der Waals surface area contributed by atoms with Gasteiger partial charge in [-0.3, -0.25) is 0 Å². The average Bonchev–Trinajstić information content (AvgIpc) is 2.41. The second kappa shape index (κ2) is 5.60. The number of rotatable bonds is 4. The van der Waals surface area contributed by atoms with Crippen LogP contribution in [0.1, 0.15) is 48.5 Å². The van der Waals surface area contributed by atoms with E-state index in [0.29, 0.717) is 6.61 Å². The lowest BCUT2D eigenvalue weighted by atomic mass is 9.90.